The van der Waals surface area contributed by atoms with Gasteiger partial charge in [-0.1, -0.05) is 22.0 Å². The Kier molecular flexibility index (Phi) is 4.57. The molecule has 4 nitrogen and oxygen atoms in total. The van der Waals surface area contributed by atoms with E-state index >= 15 is 0 Å². The van der Waals surface area contributed by atoms with Crippen molar-refractivity contribution in [3.05, 3.63) is 70.3 Å². The zero-order chi connectivity index (χ0) is 16.2. The van der Waals surface area contributed by atoms with Crippen LogP contribution in [0.3, 0.4) is 0 Å². The van der Waals surface area contributed by atoms with Crippen LogP contribution in [0.15, 0.2) is 59.2 Å². The number of nitrogens with one attached hydrogen (secondary N) is 2. The van der Waals surface area contributed by atoms with Gasteiger partial charge in [0.1, 0.15) is 5.82 Å². The van der Waals surface area contributed by atoms with E-state index in [0.717, 1.165) is 21.7 Å². The van der Waals surface area contributed by atoms with Crippen molar-refractivity contribution < 1.29 is 0 Å². The maximum Gasteiger partial charge on any atom is 0.229 e. The molecule has 116 valence electrons. The highest BCUT2D eigenvalue weighted by molar-refractivity contribution is 9.10. The van der Waals surface area contributed by atoms with Crippen molar-refractivity contribution in [1.82, 2.24) is 9.97 Å². The SMILES string of the molecule is Cc1cc(C)cc(Nc2ccnc(Nc3ccc(Br)cc3)n2)c1. The summed E-state index contributed by atoms with van der Waals surface area (Å²) in [4.78, 5) is 8.76. The number of hydrogen-bond donors (Lipinski definition) is 2. The molecule has 2 N–H and O–H groups in total. The van der Waals surface area contributed by atoms with Gasteiger partial charge in [-0.25, -0.2) is 4.98 Å². The average molecular weight is 369 g/mol. The Morgan fingerprint density at radius 3 is 2.22 bits per heavy atom. The molecule has 3 rings (SSSR count). The van der Waals surface area contributed by atoms with E-state index in [-0.39, 0.29) is 0 Å². The van der Waals surface area contributed by atoms with Crippen LogP contribution in [-0.4, -0.2) is 9.97 Å². The second kappa shape index (κ2) is 6.79. The van der Waals surface area contributed by atoms with Crippen molar-refractivity contribution in [3.63, 3.8) is 0 Å². The number of aryl methyl sites for hydroxylation is 2. The van der Waals surface area contributed by atoms with Gasteiger partial charge in [-0.2, -0.15) is 4.98 Å². The summed E-state index contributed by atoms with van der Waals surface area (Å²) in [6.07, 6.45) is 1.74. The largest absolute Gasteiger partial charge is 0.340 e. The van der Waals surface area contributed by atoms with Crippen LogP contribution in [-0.2, 0) is 0 Å². The van der Waals surface area contributed by atoms with Gasteiger partial charge in [0.2, 0.25) is 5.95 Å². The first-order chi connectivity index (χ1) is 11.1. The van der Waals surface area contributed by atoms with Gasteiger partial charge in [-0.3, -0.25) is 0 Å². The monoisotopic (exact) mass is 368 g/mol. The van der Waals surface area contributed by atoms with Gasteiger partial charge in [0.05, 0.1) is 0 Å². The maximum atomic E-state index is 4.50. The molecule has 0 atom stereocenters. The molecule has 0 unspecified atom stereocenters. The number of anilines is 4. The minimum Gasteiger partial charge on any atom is -0.340 e. The van der Waals surface area contributed by atoms with Crippen LogP contribution in [0.1, 0.15) is 11.1 Å². The molecule has 0 radical (unpaired) electrons. The molecule has 5 heteroatoms. The van der Waals surface area contributed by atoms with Crippen molar-refractivity contribution in [2.24, 2.45) is 0 Å². The lowest BCUT2D eigenvalue weighted by Crippen LogP contribution is -2.00. The van der Waals surface area contributed by atoms with Gasteiger partial charge < -0.3 is 10.6 Å². The first-order valence-corrected chi connectivity index (χ1v) is 8.09. The zero-order valence-corrected chi connectivity index (χ0v) is 14.6. The summed E-state index contributed by atoms with van der Waals surface area (Å²) in [6.45, 7) is 4.16. The van der Waals surface area contributed by atoms with Crippen molar-refractivity contribution >= 4 is 39.1 Å². The van der Waals surface area contributed by atoms with Crippen LogP contribution in [0, 0.1) is 13.8 Å². The Balaban J connectivity index is 1.78. The molecule has 1 aromatic heterocycles. The van der Waals surface area contributed by atoms with Gasteiger partial charge in [0, 0.05) is 22.0 Å². The number of nitrogens with zero attached hydrogens (tertiary/aromatic N) is 2. The maximum absolute atomic E-state index is 4.50. The summed E-state index contributed by atoms with van der Waals surface area (Å²) < 4.78 is 1.04. The normalized spacial score (nSPS) is 10.4. The minimum atomic E-state index is 0.557. The first kappa shape index (κ1) is 15.5. The third kappa shape index (κ3) is 4.29. The summed E-state index contributed by atoms with van der Waals surface area (Å²) in [5.74, 6) is 1.31. The van der Waals surface area contributed by atoms with Gasteiger partial charge in [0.15, 0.2) is 0 Å². The summed E-state index contributed by atoms with van der Waals surface area (Å²) in [7, 11) is 0. The molecule has 23 heavy (non-hydrogen) atoms. The molecular formula is C18H17BrN4. The summed E-state index contributed by atoms with van der Waals surface area (Å²) in [6, 6.07) is 16.1. The molecule has 0 amide bonds. The highest BCUT2D eigenvalue weighted by atomic mass is 79.9. The van der Waals surface area contributed by atoms with Crippen LogP contribution in [0.5, 0.6) is 0 Å². The topological polar surface area (TPSA) is 49.8 Å². The second-order valence-electron chi connectivity index (χ2n) is 5.40. The van der Waals surface area contributed by atoms with Crippen LogP contribution < -0.4 is 10.6 Å². The average Bonchev–Trinajstić information content (AvgIpc) is 2.49. The second-order valence-corrected chi connectivity index (χ2v) is 6.31. The number of halogens is 1. The van der Waals surface area contributed by atoms with E-state index in [1.54, 1.807) is 6.20 Å². The Morgan fingerprint density at radius 1 is 0.826 bits per heavy atom. The van der Waals surface area contributed by atoms with E-state index in [9.17, 15) is 0 Å². The third-order valence-electron chi connectivity index (χ3n) is 3.25. The first-order valence-electron chi connectivity index (χ1n) is 7.29. The number of rotatable bonds is 4. The Morgan fingerprint density at radius 2 is 1.52 bits per heavy atom. The van der Waals surface area contributed by atoms with Crippen LogP contribution >= 0.6 is 15.9 Å². The standard InChI is InChI=1S/C18H17BrN4/c1-12-9-13(2)11-16(10-12)21-17-7-8-20-18(23-17)22-15-5-3-14(19)4-6-15/h3-11H,1-2H3,(H2,20,21,22,23). The van der Waals surface area contributed by atoms with Gasteiger partial charge in [0.25, 0.3) is 0 Å². The lowest BCUT2D eigenvalue weighted by Gasteiger charge is -2.10. The molecule has 0 bridgehead atoms. The van der Waals surface area contributed by atoms with E-state index < -0.39 is 0 Å². The number of hydrogen-bond acceptors (Lipinski definition) is 4. The van der Waals surface area contributed by atoms with Crippen molar-refractivity contribution in [2.75, 3.05) is 10.6 Å². The van der Waals surface area contributed by atoms with Crippen LogP contribution in [0.4, 0.5) is 23.1 Å². The van der Waals surface area contributed by atoms with E-state index in [4.69, 9.17) is 0 Å². The van der Waals surface area contributed by atoms with Crippen molar-refractivity contribution in [2.45, 2.75) is 13.8 Å². The molecule has 1 heterocycles. The third-order valence-corrected chi connectivity index (χ3v) is 3.78. The molecule has 0 spiro atoms. The molecule has 0 saturated carbocycles. The summed E-state index contributed by atoms with van der Waals surface area (Å²) in [5.41, 5.74) is 4.40. The fraction of sp³-hybridized carbons (Fsp3) is 0.111. The van der Waals surface area contributed by atoms with E-state index in [0.29, 0.717) is 5.95 Å². The summed E-state index contributed by atoms with van der Waals surface area (Å²) >= 11 is 3.42. The van der Waals surface area contributed by atoms with Gasteiger partial charge in [-0.15, -0.1) is 0 Å². The molecule has 2 aromatic carbocycles. The summed E-state index contributed by atoms with van der Waals surface area (Å²) in [5, 5.41) is 6.52. The Bertz CT molecular complexity index is 795. The molecule has 0 saturated heterocycles. The number of benzene rings is 2. The highest BCUT2D eigenvalue weighted by Gasteiger charge is 2.02. The fourth-order valence-corrected chi connectivity index (χ4v) is 2.61. The van der Waals surface area contributed by atoms with Crippen LogP contribution in [0.25, 0.3) is 0 Å². The van der Waals surface area contributed by atoms with Crippen molar-refractivity contribution in [1.29, 1.82) is 0 Å². The zero-order valence-electron chi connectivity index (χ0n) is 13.0. The van der Waals surface area contributed by atoms with E-state index in [1.165, 1.54) is 11.1 Å². The molecule has 3 aromatic rings. The Hall–Kier alpha value is -2.40. The fourth-order valence-electron chi connectivity index (χ4n) is 2.35. The van der Waals surface area contributed by atoms with Gasteiger partial charge >= 0.3 is 0 Å². The van der Waals surface area contributed by atoms with Crippen LogP contribution in [0.2, 0.25) is 0 Å². The van der Waals surface area contributed by atoms with E-state index in [1.807, 2.05) is 30.3 Å². The highest BCUT2D eigenvalue weighted by Crippen LogP contribution is 2.20. The molecule has 0 aliphatic heterocycles. The number of aromatic nitrogens is 2. The smallest absolute Gasteiger partial charge is 0.229 e. The molecular weight excluding hydrogens is 352 g/mol. The lowest BCUT2D eigenvalue weighted by atomic mass is 10.1. The Labute approximate surface area is 144 Å². The minimum absolute atomic E-state index is 0.557. The van der Waals surface area contributed by atoms with E-state index in [2.05, 4.69) is 68.6 Å². The van der Waals surface area contributed by atoms with Gasteiger partial charge in [-0.05, 0) is 67.4 Å². The lowest BCUT2D eigenvalue weighted by molar-refractivity contribution is 1.16. The predicted octanol–water partition coefficient (Wildman–Crippen LogP) is 5.34. The van der Waals surface area contributed by atoms with Crippen molar-refractivity contribution in [3.8, 4) is 0 Å². The molecule has 0 aliphatic carbocycles. The molecule has 0 aliphatic rings. The quantitative estimate of drug-likeness (QED) is 0.652. The molecule has 0 fully saturated rings. The predicted molar refractivity (Wildman–Crippen MR) is 98.7 cm³/mol.